The maximum absolute atomic E-state index is 14.6. The Hall–Kier alpha value is -3.73. The van der Waals surface area contributed by atoms with Crippen molar-refractivity contribution in [1.82, 2.24) is 0 Å². The van der Waals surface area contributed by atoms with Crippen LogP contribution in [0.25, 0.3) is 22.3 Å². The normalized spacial score (nSPS) is 34.9. The number of hydrogen-bond donors (Lipinski definition) is 9. The summed E-state index contributed by atoms with van der Waals surface area (Å²) in [5.74, 6) is 0.0189. The zero-order valence-electron chi connectivity index (χ0n) is 30.9. The van der Waals surface area contributed by atoms with Gasteiger partial charge in [-0.2, -0.15) is 0 Å². The summed E-state index contributed by atoms with van der Waals surface area (Å²) in [7, 11) is 1.47. The third kappa shape index (κ3) is 8.30. The molecule has 0 radical (unpaired) electrons. The first-order valence-corrected chi connectivity index (χ1v) is 18.0. The van der Waals surface area contributed by atoms with Gasteiger partial charge < -0.3 is 83.5 Å². The molecule has 3 fully saturated rings. The number of ether oxygens (including phenoxy) is 7. The average molecular weight is 793 g/mol. The number of rotatable bonds is 11. The number of fused-ring (bicyclic) bond motifs is 1. The van der Waals surface area contributed by atoms with E-state index in [9.17, 15) is 50.8 Å². The highest BCUT2D eigenvalue weighted by Crippen LogP contribution is 2.39. The van der Waals surface area contributed by atoms with E-state index in [1.165, 1.54) is 26.2 Å². The monoisotopic (exact) mass is 792 g/mol. The van der Waals surface area contributed by atoms with Crippen LogP contribution in [0.2, 0.25) is 0 Å². The van der Waals surface area contributed by atoms with Crippen molar-refractivity contribution in [2.24, 2.45) is 0 Å². The van der Waals surface area contributed by atoms with Crippen LogP contribution in [0.4, 0.5) is 0 Å². The summed E-state index contributed by atoms with van der Waals surface area (Å²) in [6.07, 6.45) is -19.9. The van der Waals surface area contributed by atoms with Crippen LogP contribution in [0, 0.1) is 0 Å². The SMILES string of the molecule is COc1ccc(-c2oc3c(CC=C(C)C)c(O[C@@H]4O[C@H](CO)[C@@H](O)[C@H](O)[C@H]4O)ccc3c(=O)c2O[C@@H]2OC[C@@H](O)[C@H](O)[C@H]2O[C@@H]2O[C@@H](C)[C@H](O)[C@@H](O)[C@H]2O)cc1. The molecule has 3 saturated heterocycles. The molecule has 18 heteroatoms. The highest BCUT2D eigenvalue weighted by atomic mass is 16.8. The van der Waals surface area contributed by atoms with E-state index in [4.69, 9.17) is 37.6 Å². The van der Waals surface area contributed by atoms with Crippen molar-refractivity contribution < 1.29 is 83.5 Å². The Kier molecular flexibility index (Phi) is 13.0. The van der Waals surface area contributed by atoms with Crippen LogP contribution >= 0.6 is 0 Å². The smallest absolute Gasteiger partial charge is 0.235 e. The second-order valence-corrected chi connectivity index (χ2v) is 14.2. The predicted molar refractivity (Wildman–Crippen MR) is 192 cm³/mol. The van der Waals surface area contributed by atoms with Gasteiger partial charge in [0.2, 0.25) is 23.8 Å². The number of aliphatic hydroxyl groups is 9. The van der Waals surface area contributed by atoms with E-state index in [2.05, 4.69) is 0 Å². The van der Waals surface area contributed by atoms with Gasteiger partial charge in [-0.15, -0.1) is 0 Å². The summed E-state index contributed by atoms with van der Waals surface area (Å²) in [6, 6.07) is 9.18. The Morgan fingerprint density at radius 3 is 2.14 bits per heavy atom. The second kappa shape index (κ2) is 17.4. The lowest BCUT2D eigenvalue weighted by Crippen LogP contribution is -2.62. The van der Waals surface area contributed by atoms with E-state index in [1.807, 2.05) is 19.9 Å². The van der Waals surface area contributed by atoms with Crippen molar-refractivity contribution in [3.8, 4) is 28.6 Å². The van der Waals surface area contributed by atoms with Gasteiger partial charge in [0.15, 0.2) is 18.2 Å². The van der Waals surface area contributed by atoms with Gasteiger partial charge in [0.25, 0.3) is 0 Å². The maximum Gasteiger partial charge on any atom is 0.235 e. The number of aliphatic hydroxyl groups excluding tert-OH is 9. The van der Waals surface area contributed by atoms with Crippen molar-refractivity contribution in [3.05, 3.63) is 63.8 Å². The molecule has 0 bridgehead atoms. The van der Waals surface area contributed by atoms with Gasteiger partial charge in [0, 0.05) is 11.1 Å². The summed E-state index contributed by atoms with van der Waals surface area (Å²) in [6.45, 7) is 3.99. The van der Waals surface area contributed by atoms with Crippen molar-refractivity contribution in [2.75, 3.05) is 20.3 Å². The Labute approximate surface area is 320 Å². The molecule has 308 valence electrons. The van der Waals surface area contributed by atoms with Crippen LogP contribution in [0.15, 0.2) is 57.3 Å². The minimum absolute atomic E-state index is 0.0126. The maximum atomic E-state index is 14.6. The molecule has 3 aliphatic rings. The molecule has 1 aromatic heterocycles. The Balaban J connectivity index is 1.46. The summed E-state index contributed by atoms with van der Waals surface area (Å²) >= 11 is 0. The molecule has 3 aliphatic heterocycles. The predicted octanol–water partition coefficient (Wildman–Crippen LogP) is -1.17. The van der Waals surface area contributed by atoms with Crippen LogP contribution in [-0.2, 0) is 25.4 Å². The van der Waals surface area contributed by atoms with Crippen LogP contribution in [0.3, 0.4) is 0 Å². The molecule has 0 unspecified atom stereocenters. The highest BCUT2D eigenvalue weighted by Gasteiger charge is 2.49. The number of methoxy groups -OCH3 is 1. The van der Waals surface area contributed by atoms with E-state index in [0.717, 1.165) is 5.57 Å². The Bertz CT molecular complexity index is 1890. The molecule has 6 rings (SSSR count). The van der Waals surface area contributed by atoms with E-state index in [0.29, 0.717) is 16.9 Å². The number of hydrogen-bond acceptors (Lipinski definition) is 18. The van der Waals surface area contributed by atoms with E-state index in [1.54, 1.807) is 24.3 Å². The van der Waals surface area contributed by atoms with Gasteiger partial charge >= 0.3 is 0 Å². The molecule has 2 aromatic carbocycles. The second-order valence-electron chi connectivity index (χ2n) is 14.2. The van der Waals surface area contributed by atoms with Gasteiger partial charge in [-0.3, -0.25) is 4.79 Å². The standard InChI is InChI=1S/C38H48O18/c1-15(2)5-10-19-22(52-37-31(48)29(46)27(44)23(13-39)53-37)12-11-20-25(42)34(32(54-33(19)20)17-6-8-18(49-4)9-7-17)55-38-35(26(43)21(40)14-50-38)56-36-30(47)28(45)24(41)16(3)51-36/h5-9,11-12,16,21,23-24,26-31,35-41,43-48H,10,13-14H2,1-4H3/t16-,21+,23+,24-,26-,27+,28+,29-,30+,31+,35+,36-,37+,38-/m0/s1. The molecular formula is C38H48O18. The van der Waals surface area contributed by atoms with Gasteiger partial charge in [0.1, 0.15) is 72.0 Å². The minimum Gasteiger partial charge on any atom is -0.497 e. The Morgan fingerprint density at radius 2 is 1.48 bits per heavy atom. The third-order valence-corrected chi connectivity index (χ3v) is 10.0. The molecule has 18 nitrogen and oxygen atoms in total. The summed E-state index contributed by atoms with van der Waals surface area (Å²) < 4.78 is 46.8. The fourth-order valence-corrected chi connectivity index (χ4v) is 6.63. The average Bonchev–Trinajstić information content (AvgIpc) is 3.19. The molecule has 0 spiro atoms. The van der Waals surface area contributed by atoms with Crippen molar-refractivity contribution in [3.63, 3.8) is 0 Å². The summed E-state index contributed by atoms with van der Waals surface area (Å²) in [5, 5.41) is 93.9. The molecular weight excluding hydrogens is 744 g/mol. The van der Waals surface area contributed by atoms with Crippen LogP contribution in [0.1, 0.15) is 26.3 Å². The molecule has 0 aliphatic carbocycles. The lowest BCUT2D eigenvalue weighted by molar-refractivity contribution is -0.344. The topological polar surface area (TPSA) is 277 Å². The van der Waals surface area contributed by atoms with Crippen molar-refractivity contribution in [2.45, 2.75) is 113 Å². The largest absolute Gasteiger partial charge is 0.497 e. The van der Waals surface area contributed by atoms with E-state index in [-0.39, 0.29) is 28.9 Å². The molecule has 14 atom stereocenters. The van der Waals surface area contributed by atoms with Crippen molar-refractivity contribution in [1.29, 1.82) is 0 Å². The molecule has 56 heavy (non-hydrogen) atoms. The van der Waals surface area contributed by atoms with Gasteiger partial charge in [-0.05, 0) is 63.6 Å². The van der Waals surface area contributed by atoms with Gasteiger partial charge in [-0.1, -0.05) is 11.6 Å². The lowest BCUT2D eigenvalue weighted by atomic mass is 9.99. The summed E-state index contributed by atoms with van der Waals surface area (Å²) in [5.41, 5.74) is 0.827. The van der Waals surface area contributed by atoms with Crippen LogP contribution in [0.5, 0.6) is 17.2 Å². The van der Waals surface area contributed by atoms with E-state index < -0.39 is 110 Å². The van der Waals surface area contributed by atoms with Gasteiger partial charge in [-0.25, -0.2) is 0 Å². The minimum atomic E-state index is -1.78. The molecule has 4 heterocycles. The molecule has 9 N–H and O–H groups in total. The third-order valence-electron chi connectivity index (χ3n) is 10.0. The highest BCUT2D eigenvalue weighted by molar-refractivity contribution is 5.86. The lowest BCUT2D eigenvalue weighted by Gasteiger charge is -2.43. The quantitative estimate of drug-likeness (QED) is 0.103. The zero-order valence-corrected chi connectivity index (χ0v) is 30.9. The molecule has 0 amide bonds. The molecule has 3 aromatic rings. The number of allylic oxidation sites excluding steroid dienone is 2. The first kappa shape index (κ1) is 41.9. The first-order chi connectivity index (χ1) is 26.6. The van der Waals surface area contributed by atoms with Crippen molar-refractivity contribution >= 4 is 11.0 Å². The first-order valence-electron chi connectivity index (χ1n) is 18.0. The number of benzene rings is 2. The fourth-order valence-electron chi connectivity index (χ4n) is 6.63. The summed E-state index contributed by atoms with van der Waals surface area (Å²) in [4.78, 5) is 14.6. The van der Waals surface area contributed by atoms with E-state index >= 15 is 0 Å². The van der Waals surface area contributed by atoms with Crippen LogP contribution in [-0.4, -0.2) is 152 Å². The zero-order chi connectivity index (χ0) is 40.6. The van der Waals surface area contributed by atoms with Gasteiger partial charge in [0.05, 0.1) is 31.8 Å². The fraction of sp³-hybridized carbons (Fsp3) is 0.553. The molecule has 0 saturated carbocycles. The Morgan fingerprint density at radius 1 is 0.804 bits per heavy atom. The van der Waals surface area contributed by atoms with Crippen LogP contribution < -0.4 is 19.6 Å².